The predicted molar refractivity (Wildman–Crippen MR) is 44.5 cm³/mol. The molecule has 0 radical (unpaired) electrons. The molecule has 1 rings (SSSR count). The van der Waals surface area contributed by atoms with Gasteiger partial charge in [-0.05, 0) is 6.07 Å². The molecular weight excluding hydrogens is 156 g/mol. The maximum Gasteiger partial charge on any atom is 0.241 e. The Hall–Kier alpha value is -1.49. The number of anilines is 1. The number of rotatable bonds is 2. The van der Waals surface area contributed by atoms with Gasteiger partial charge < -0.3 is 5.73 Å². The third-order valence-corrected chi connectivity index (χ3v) is 1.46. The molecule has 0 saturated heterocycles. The number of carbonyl (C=O) groups is 1. The fourth-order valence-corrected chi connectivity index (χ4v) is 0.747. The molecule has 2 N–H and O–H groups in total. The Labute approximate surface area is 70.2 Å². The monoisotopic (exact) mass is 166 g/mol. The summed E-state index contributed by atoms with van der Waals surface area (Å²) in [7, 11) is 1.62. The van der Waals surface area contributed by atoms with E-state index < -0.39 is 0 Å². The normalized spacial score (nSPS) is 9.50. The summed E-state index contributed by atoms with van der Waals surface area (Å²) in [5.41, 5.74) is 5.18. The average molecular weight is 166 g/mol. The lowest BCUT2D eigenvalue weighted by Crippen LogP contribution is -2.32. The summed E-state index contributed by atoms with van der Waals surface area (Å²) < 4.78 is 0. The number of carbonyl (C=O) groups excluding carboxylic acids is 1. The van der Waals surface area contributed by atoms with Gasteiger partial charge in [0.1, 0.15) is 12.1 Å². The second kappa shape index (κ2) is 3.77. The molecule has 5 heteroatoms. The second-order valence-electron chi connectivity index (χ2n) is 2.22. The number of nitrogens with two attached hydrogens (primary N) is 1. The highest BCUT2D eigenvalue weighted by molar-refractivity contribution is 5.93. The van der Waals surface area contributed by atoms with Crippen molar-refractivity contribution in [1.29, 1.82) is 0 Å². The van der Waals surface area contributed by atoms with Crippen molar-refractivity contribution in [3.63, 3.8) is 0 Å². The van der Waals surface area contributed by atoms with Crippen LogP contribution in [-0.2, 0) is 4.79 Å². The fourth-order valence-electron chi connectivity index (χ4n) is 0.747. The molecule has 0 unspecified atom stereocenters. The number of hydrogen-bond donors (Lipinski definition) is 1. The van der Waals surface area contributed by atoms with Crippen LogP contribution < -0.4 is 10.6 Å². The summed E-state index contributed by atoms with van der Waals surface area (Å²) in [4.78, 5) is 20.1. The van der Waals surface area contributed by atoms with Gasteiger partial charge >= 0.3 is 0 Å². The van der Waals surface area contributed by atoms with Crippen molar-refractivity contribution in [1.82, 2.24) is 9.97 Å². The summed E-state index contributed by atoms with van der Waals surface area (Å²) in [5, 5.41) is 0. The van der Waals surface area contributed by atoms with Crippen LogP contribution in [0.15, 0.2) is 18.6 Å². The van der Waals surface area contributed by atoms with E-state index in [2.05, 4.69) is 9.97 Å². The molecule has 64 valence electrons. The molecular formula is C7H10N4O. The lowest BCUT2D eigenvalue weighted by atomic mass is 10.5. The van der Waals surface area contributed by atoms with Gasteiger partial charge in [-0.15, -0.1) is 0 Å². The smallest absolute Gasteiger partial charge is 0.241 e. The Morgan fingerprint density at radius 1 is 1.75 bits per heavy atom. The zero-order chi connectivity index (χ0) is 8.97. The van der Waals surface area contributed by atoms with E-state index in [4.69, 9.17) is 5.73 Å². The van der Waals surface area contributed by atoms with Gasteiger partial charge in [0.15, 0.2) is 0 Å². The number of likely N-dealkylation sites (N-methyl/N-ethyl adjacent to an activating group) is 1. The van der Waals surface area contributed by atoms with E-state index in [1.165, 1.54) is 11.2 Å². The van der Waals surface area contributed by atoms with E-state index in [9.17, 15) is 4.79 Å². The molecule has 1 amide bonds. The van der Waals surface area contributed by atoms with Crippen LogP contribution in [-0.4, -0.2) is 29.5 Å². The molecule has 0 spiro atoms. The van der Waals surface area contributed by atoms with Crippen LogP contribution in [0.2, 0.25) is 0 Å². The molecule has 12 heavy (non-hydrogen) atoms. The van der Waals surface area contributed by atoms with E-state index in [1.807, 2.05) is 0 Å². The molecule has 0 saturated carbocycles. The Balaban J connectivity index is 2.78. The van der Waals surface area contributed by atoms with Gasteiger partial charge in [-0.2, -0.15) is 0 Å². The van der Waals surface area contributed by atoms with E-state index in [-0.39, 0.29) is 12.5 Å². The molecule has 0 aromatic carbocycles. The number of hydrogen-bond acceptors (Lipinski definition) is 4. The highest BCUT2D eigenvalue weighted by Crippen LogP contribution is 2.04. The third-order valence-electron chi connectivity index (χ3n) is 1.46. The summed E-state index contributed by atoms with van der Waals surface area (Å²) in [6.07, 6.45) is 2.96. The summed E-state index contributed by atoms with van der Waals surface area (Å²) in [6.45, 7) is -0.0134. The van der Waals surface area contributed by atoms with Gasteiger partial charge in [0.05, 0.1) is 6.54 Å². The van der Waals surface area contributed by atoms with Crippen LogP contribution in [0.25, 0.3) is 0 Å². The standard InChI is InChI=1S/C7H10N4O/c1-11(7(12)4-8)6-2-3-9-5-10-6/h2-3,5H,4,8H2,1H3. The first-order chi connectivity index (χ1) is 5.75. The molecule has 0 aliphatic heterocycles. The topological polar surface area (TPSA) is 72.1 Å². The quantitative estimate of drug-likeness (QED) is 0.636. The second-order valence-corrected chi connectivity index (χ2v) is 2.22. The van der Waals surface area contributed by atoms with E-state index in [0.29, 0.717) is 5.82 Å². The van der Waals surface area contributed by atoms with Crippen molar-refractivity contribution < 1.29 is 4.79 Å². The largest absolute Gasteiger partial charge is 0.322 e. The minimum absolute atomic E-state index is 0.0134. The zero-order valence-corrected chi connectivity index (χ0v) is 6.77. The fraction of sp³-hybridized carbons (Fsp3) is 0.286. The van der Waals surface area contributed by atoms with Crippen LogP contribution in [0.5, 0.6) is 0 Å². The summed E-state index contributed by atoms with van der Waals surface area (Å²) in [5.74, 6) is 0.383. The SMILES string of the molecule is CN(C(=O)CN)c1ccncn1. The minimum atomic E-state index is -0.172. The molecule has 0 fully saturated rings. The molecule has 0 atom stereocenters. The lowest BCUT2D eigenvalue weighted by Gasteiger charge is -2.13. The predicted octanol–water partition coefficient (Wildman–Crippen LogP) is -0.602. The van der Waals surface area contributed by atoms with Crippen LogP contribution in [0.1, 0.15) is 0 Å². The van der Waals surface area contributed by atoms with E-state index in [1.54, 1.807) is 19.3 Å². The van der Waals surface area contributed by atoms with Gasteiger partial charge in [-0.3, -0.25) is 9.69 Å². The molecule has 1 aromatic rings. The highest BCUT2D eigenvalue weighted by Gasteiger charge is 2.08. The maximum atomic E-state index is 11.1. The summed E-state index contributed by atoms with van der Waals surface area (Å²) in [6, 6.07) is 1.65. The molecule has 0 aliphatic rings. The molecule has 0 bridgehead atoms. The van der Waals surface area contributed by atoms with Crippen LogP contribution in [0, 0.1) is 0 Å². The Morgan fingerprint density at radius 3 is 3.00 bits per heavy atom. The van der Waals surface area contributed by atoms with Gasteiger partial charge in [0.25, 0.3) is 0 Å². The van der Waals surface area contributed by atoms with Gasteiger partial charge in [0.2, 0.25) is 5.91 Å². The van der Waals surface area contributed by atoms with Crippen molar-refractivity contribution in [2.45, 2.75) is 0 Å². The van der Waals surface area contributed by atoms with Gasteiger partial charge in [0, 0.05) is 13.2 Å². The molecule has 1 heterocycles. The average Bonchev–Trinajstić information content (AvgIpc) is 2.17. The molecule has 1 aromatic heterocycles. The number of aromatic nitrogens is 2. The Morgan fingerprint density at radius 2 is 2.50 bits per heavy atom. The Kier molecular flexibility index (Phi) is 2.71. The zero-order valence-electron chi connectivity index (χ0n) is 6.77. The van der Waals surface area contributed by atoms with Crippen molar-refractivity contribution in [3.05, 3.63) is 18.6 Å². The minimum Gasteiger partial charge on any atom is -0.322 e. The summed E-state index contributed by atoms with van der Waals surface area (Å²) >= 11 is 0. The first-order valence-corrected chi connectivity index (χ1v) is 3.48. The van der Waals surface area contributed by atoms with Gasteiger partial charge in [-0.25, -0.2) is 9.97 Å². The first-order valence-electron chi connectivity index (χ1n) is 3.48. The molecule has 0 aliphatic carbocycles. The van der Waals surface area contributed by atoms with Crippen LogP contribution in [0.4, 0.5) is 5.82 Å². The maximum absolute atomic E-state index is 11.1. The number of amides is 1. The van der Waals surface area contributed by atoms with Crippen LogP contribution >= 0.6 is 0 Å². The third kappa shape index (κ3) is 1.76. The van der Waals surface area contributed by atoms with Crippen molar-refractivity contribution in [3.8, 4) is 0 Å². The van der Waals surface area contributed by atoms with Crippen molar-refractivity contribution in [2.75, 3.05) is 18.5 Å². The lowest BCUT2D eigenvalue weighted by molar-refractivity contribution is -0.117. The van der Waals surface area contributed by atoms with Crippen molar-refractivity contribution in [2.24, 2.45) is 5.73 Å². The van der Waals surface area contributed by atoms with E-state index in [0.717, 1.165) is 0 Å². The highest BCUT2D eigenvalue weighted by atomic mass is 16.2. The van der Waals surface area contributed by atoms with Crippen molar-refractivity contribution >= 4 is 11.7 Å². The van der Waals surface area contributed by atoms with Gasteiger partial charge in [-0.1, -0.05) is 0 Å². The van der Waals surface area contributed by atoms with E-state index >= 15 is 0 Å². The number of nitrogens with zero attached hydrogens (tertiary/aromatic N) is 3. The first kappa shape index (κ1) is 8.61. The Bertz CT molecular complexity index is 261. The molecule has 5 nitrogen and oxygen atoms in total. The van der Waals surface area contributed by atoms with Crippen LogP contribution in [0.3, 0.4) is 0 Å².